The number of H-pyrrole nitrogens is 1. The second kappa shape index (κ2) is 8.88. The minimum atomic E-state index is -0.983. The summed E-state index contributed by atoms with van der Waals surface area (Å²) < 4.78 is 1.40. The van der Waals surface area contributed by atoms with Crippen molar-refractivity contribution in [1.29, 1.82) is 0 Å². The van der Waals surface area contributed by atoms with Gasteiger partial charge in [-0.3, -0.25) is 4.79 Å². The normalized spacial score (nSPS) is 11.8. The highest BCUT2D eigenvalue weighted by Crippen LogP contribution is 2.33. The number of anilines is 1. The highest BCUT2D eigenvalue weighted by molar-refractivity contribution is 5.85. The Morgan fingerprint density at radius 2 is 1.81 bits per heavy atom. The predicted molar refractivity (Wildman–Crippen MR) is 136 cm³/mol. The number of rotatable bonds is 7. The molecule has 0 atom stereocenters. The first-order valence-corrected chi connectivity index (χ1v) is 11.5. The molecule has 0 fully saturated rings. The Morgan fingerprint density at radius 1 is 1.08 bits per heavy atom. The van der Waals surface area contributed by atoms with Crippen molar-refractivity contribution in [1.82, 2.24) is 34.7 Å². The number of carbonyl (C=O) groups is 1. The zero-order chi connectivity index (χ0) is 25.4. The maximum atomic E-state index is 11.4. The highest BCUT2D eigenvalue weighted by Gasteiger charge is 2.23. The molecule has 3 heterocycles. The third-order valence-corrected chi connectivity index (χ3v) is 6.12. The van der Waals surface area contributed by atoms with E-state index in [9.17, 15) is 9.90 Å². The number of nitrogen functional groups attached to an aromatic ring is 1. The monoisotopic (exact) mass is 482 g/mol. The Morgan fingerprint density at radius 3 is 2.53 bits per heavy atom. The van der Waals surface area contributed by atoms with E-state index in [2.05, 4.69) is 51.0 Å². The van der Waals surface area contributed by atoms with Crippen LogP contribution in [-0.2, 0) is 23.2 Å². The molecule has 5 aromatic rings. The summed E-state index contributed by atoms with van der Waals surface area (Å²) in [6.07, 6.45) is 4.28. The fourth-order valence-corrected chi connectivity index (χ4v) is 4.40. The number of imidazole rings is 1. The Kier molecular flexibility index (Phi) is 5.71. The van der Waals surface area contributed by atoms with Gasteiger partial charge in [-0.05, 0) is 42.0 Å². The Hall–Kier alpha value is -4.60. The van der Waals surface area contributed by atoms with Crippen LogP contribution in [0.1, 0.15) is 30.8 Å². The van der Waals surface area contributed by atoms with Gasteiger partial charge in [-0.2, -0.15) is 5.10 Å². The van der Waals surface area contributed by atoms with Crippen molar-refractivity contribution >= 4 is 23.0 Å². The van der Waals surface area contributed by atoms with Crippen LogP contribution in [0.2, 0.25) is 0 Å². The minimum Gasteiger partial charge on any atom is -0.480 e. The molecular weight excluding hydrogens is 456 g/mol. The largest absolute Gasteiger partial charge is 0.480 e. The summed E-state index contributed by atoms with van der Waals surface area (Å²) >= 11 is 0. The van der Waals surface area contributed by atoms with Gasteiger partial charge < -0.3 is 15.8 Å². The number of nitrogens with one attached hydrogen (secondary N) is 1. The van der Waals surface area contributed by atoms with Crippen LogP contribution in [0.4, 0.5) is 5.95 Å². The van der Waals surface area contributed by atoms with E-state index < -0.39 is 5.97 Å². The van der Waals surface area contributed by atoms with E-state index in [1.165, 1.54) is 4.68 Å². The molecule has 4 N–H and O–H groups in total. The number of fused-ring (bicyclic) bond motifs is 1. The third-order valence-electron chi connectivity index (χ3n) is 6.12. The molecule has 0 aliphatic carbocycles. The average molecular weight is 483 g/mol. The van der Waals surface area contributed by atoms with Crippen LogP contribution >= 0.6 is 0 Å². The van der Waals surface area contributed by atoms with Crippen LogP contribution in [0.5, 0.6) is 0 Å². The third kappa shape index (κ3) is 4.52. The zero-order valence-electron chi connectivity index (χ0n) is 20.2. The number of nitrogens with zero attached hydrogens (tertiary/aromatic N) is 6. The Balaban J connectivity index is 1.52. The number of nitrogens with two attached hydrogens (primary N) is 1. The van der Waals surface area contributed by atoms with Crippen molar-refractivity contribution in [3.05, 3.63) is 71.8 Å². The molecule has 0 radical (unpaired) electrons. The lowest BCUT2D eigenvalue weighted by atomic mass is 9.79. The SMILES string of the molecule is Cc1nc(-c2ccccc2-c2nc3ccc(C(C)(C)Cc4cnc(N)nc4)cc3[nH]2)n(CC(=O)O)n1. The molecule has 2 aromatic carbocycles. The van der Waals surface area contributed by atoms with Gasteiger partial charge in [0.05, 0.1) is 11.0 Å². The molecule has 0 aliphatic heterocycles. The average Bonchev–Trinajstić information content (AvgIpc) is 3.42. The van der Waals surface area contributed by atoms with Crippen LogP contribution in [-0.4, -0.2) is 45.8 Å². The van der Waals surface area contributed by atoms with Crippen molar-refractivity contribution in [3.63, 3.8) is 0 Å². The summed E-state index contributed by atoms with van der Waals surface area (Å²) in [7, 11) is 0. The van der Waals surface area contributed by atoms with E-state index in [-0.39, 0.29) is 17.9 Å². The first-order valence-electron chi connectivity index (χ1n) is 11.5. The molecule has 0 amide bonds. The number of aromatic amines is 1. The van der Waals surface area contributed by atoms with Gasteiger partial charge in [0.2, 0.25) is 5.95 Å². The maximum Gasteiger partial charge on any atom is 0.325 e. The van der Waals surface area contributed by atoms with Gasteiger partial charge >= 0.3 is 5.97 Å². The zero-order valence-corrected chi connectivity index (χ0v) is 20.2. The molecule has 0 unspecified atom stereocenters. The molecule has 3 aromatic heterocycles. The molecule has 10 nitrogen and oxygen atoms in total. The van der Waals surface area contributed by atoms with Crippen LogP contribution < -0.4 is 5.73 Å². The summed E-state index contributed by atoms with van der Waals surface area (Å²) in [5, 5.41) is 13.6. The molecule has 0 bridgehead atoms. The quantitative estimate of drug-likeness (QED) is 0.317. The summed E-state index contributed by atoms with van der Waals surface area (Å²) in [6, 6.07) is 13.8. The lowest BCUT2D eigenvalue weighted by molar-refractivity contribution is -0.137. The Bertz CT molecular complexity index is 1570. The molecule has 0 saturated carbocycles. The van der Waals surface area contributed by atoms with E-state index in [1.54, 1.807) is 19.3 Å². The number of aromatic nitrogens is 7. The smallest absolute Gasteiger partial charge is 0.325 e. The van der Waals surface area contributed by atoms with E-state index in [1.807, 2.05) is 30.3 Å². The number of aryl methyl sites for hydroxylation is 1. The number of benzene rings is 2. The van der Waals surface area contributed by atoms with Gasteiger partial charge in [-0.1, -0.05) is 44.2 Å². The summed E-state index contributed by atoms with van der Waals surface area (Å²) in [4.78, 5) is 32.3. The molecule has 36 heavy (non-hydrogen) atoms. The van der Waals surface area contributed by atoms with E-state index in [4.69, 9.17) is 10.7 Å². The second-order valence-corrected chi connectivity index (χ2v) is 9.41. The van der Waals surface area contributed by atoms with E-state index >= 15 is 0 Å². The topological polar surface area (TPSA) is 148 Å². The maximum absolute atomic E-state index is 11.4. The molecule has 0 saturated heterocycles. The van der Waals surface area contributed by atoms with Crippen molar-refractivity contribution in [2.45, 2.75) is 39.2 Å². The molecule has 182 valence electrons. The van der Waals surface area contributed by atoms with Crippen molar-refractivity contribution in [2.24, 2.45) is 0 Å². The first-order chi connectivity index (χ1) is 17.2. The van der Waals surface area contributed by atoms with Crippen molar-refractivity contribution in [2.75, 3.05) is 5.73 Å². The van der Waals surface area contributed by atoms with Gasteiger partial charge in [-0.25, -0.2) is 24.6 Å². The lowest BCUT2D eigenvalue weighted by Gasteiger charge is -2.25. The fourth-order valence-electron chi connectivity index (χ4n) is 4.40. The van der Waals surface area contributed by atoms with Crippen LogP contribution in [0.3, 0.4) is 0 Å². The second-order valence-electron chi connectivity index (χ2n) is 9.41. The molecule has 10 heteroatoms. The number of hydrogen-bond donors (Lipinski definition) is 3. The molecule has 5 rings (SSSR count). The lowest BCUT2D eigenvalue weighted by Crippen LogP contribution is -2.20. The highest BCUT2D eigenvalue weighted by atomic mass is 16.4. The van der Waals surface area contributed by atoms with Gasteiger partial charge in [0.1, 0.15) is 18.2 Å². The number of carboxylic acids is 1. The van der Waals surface area contributed by atoms with Crippen LogP contribution in [0.15, 0.2) is 54.9 Å². The summed E-state index contributed by atoms with van der Waals surface area (Å²) in [6.45, 7) is 5.82. The van der Waals surface area contributed by atoms with E-state index in [0.29, 0.717) is 17.5 Å². The van der Waals surface area contributed by atoms with Crippen molar-refractivity contribution in [3.8, 4) is 22.8 Å². The number of aliphatic carboxylic acids is 1. The summed E-state index contributed by atoms with van der Waals surface area (Å²) in [5.41, 5.74) is 10.9. The van der Waals surface area contributed by atoms with Gasteiger partial charge in [0.15, 0.2) is 5.82 Å². The predicted octanol–water partition coefficient (Wildman–Crippen LogP) is 3.77. The van der Waals surface area contributed by atoms with Crippen LogP contribution in [0, 0.1) is 6.92 Å². The Labute approximate surface area is 207 Å². The molecular formula is C26H26N8O2. The van der Waals surface area contributed by atoms with Crippen LogP contribution in [0.25, 0.3) is 33.8 Å². The number of carboxylic acid groups (broad SMARTS) is 1. The first kappa shape index (κ1) is 23.2. The van der Waals surface area contributed by atoms with Gasteiger partial charge in [0.25, 0.3) is 0 Å². The summed E-state index contributed by atoms with van der Waals surface area (Å²) in [5.74, 6) is 0.940. The molecule has 0 spiro atoms. The standard InChI is InChI=1S/C26H26N8O2/c1-15-30-24(34(33-15)14-22(35)36)19-7-5-4-6-18(19)23-31-20-9-8-17(10-21(20)32-23)26(2,3)11-16-12-28-25(27)29-13-16/h4-10,12-13H,11,14H2,1-3H3,(H,31,32)(H,35,36)(H2,27,28,29). The fraction of sp³-hybridized carbons (Fsp3) is 0.231. The minimum absolute atomic E-state index is 0.179. The van der Waals surface area contributed by atoms with E-state index in [0.717, 1.165) is 39.7 Å². The van der Waals surface area contributed by atoms with Crippen molar-refractivity contribution < 1.29 is 9.90 Å². The number of hydrogen-bond acceptors (Lipinski definition) is 7. The van der Waals surface area contributed by atoms with Gasteiger partial charge in [0, 0.05) is 23.5 Å². The molecule has 0 aliphatic rings. The van der Waals surface area contributed by atoms with Gasteiger partial charge in [-0.15, -0.1) is 0 Å².